The Labute approximate surface area is 95.5 Å². The van der Waals surface area contributed by atoms with E-state index in [1.807, 2.05) is 6.92 Å². The Kier molecular flexibility index (Phi) is 8.66. The van der Waals surface area contributed by atoms with Gasteiger partial charge in [0.25, 0.3) is 0 Å². The van der Waals surface area contributed by atoms with Gasteiger partial charge in [0.2, 0.25) is 0 Å². The van der Waals surface area contributed by atoms with Crippen molar-refractivity contribution in [2.24, 2.45) is 0 Å². The lowest BCUT2D eigenvalue weighted by Gasteiger charge is -2.16. The minimum Gasteiger partial charge on any atom is -0.380 e. The van der Waals surface area contributed by atoms with Gasteiger partial charge in [0.05, 0.1) is 6.61 Å². The Hall–Kier alpha value is -0.290. The zero-order valence-electron chi connectivity index (χ0n) is 10.1. The number of halogens is 3. The molecule has 0 fully saturated rings. The van der Waals surface area contributed by atoms with Crippen molar-refractivity contribution in [1.29, 1.82) is 0 Å². The number of hydrogen-bond acceptors (Lipinski definition) is 2. The average Bonchev–Trinajstić information content (AvgIpc) is 2.20. The third-order valence-electron chi connectivity index (χ3n) is 2.24. The molecule has 0 bridgehead atoms. The lowest BCUT2D eigenvalue weighted by Crippen LogP contribution is -2.33. The minimum atomic E-state index is -4.06. The van der Waals surface area contributed by atoms with E-state index in [9.17, 15) is 13.2 Å². The molecular formula is C11H22F3NO. The number of alkyl halides is 3. The molecule has 16 heavy (non-hydrogen) atoms. The van der Waals surface area contributed by atoms with Gasteiger partial charge in [-0.05, 0) is 25.8 Å². The topological polar surface area (TPSA) is 21.3 Å². The molecule has 1 N–H and O–H groups in total. The second kappa shape index (κ2) is 8.82. The number of nitrogens with one attached hydrogen (secondary N) is 1. The summed E-state index contributed by atoms with van der Waals surface area (Å²) in [6.07, 6.45) is -2.79. The summed E-state index contributed by atoms with van der Waals surface area (Å²) in [7, 11) is 0. The molecule has 1 atom stereocenters. The SMILES string of the molecule is CCCNC(CC)COCCCC(F)(F)F. The second-order valence-electron chi connectivity index (χ2n) is 3.85. The molecule has 0 aromatic heterocycles. The summed E-state index contributed by atoms with van der Waals surface area (Å²) in [5.74, 6) is 0. The molecule has 0 saturated carbocycles. The smallest absolute Gasteiger partial charge is 0.380 e. The van der Waals surface area contributed by atoms with Crippen LogP contribution in [0.3, 0.4) is 0 Å². The predicted molar refractivity (Wildman–Crippen MR) is 58.5 cm³/mol. The van der Waals surface area contributed by atoms with Gasteiger partial charge in [0.15, 0.2) is 0 Å². The van der Waals surface area contributed by atoms with Crippen molar-refractivity contribution in [2.75, 3.05) is 19.8 Å². The van der Waals surface area contributed by atoms with Gasteiger partial charge in [0.1, 0.15) is 0 Å². The Morgan fingerprint density at radius 2 is 1.94 bits per heavy atom. The Morgan fingerprint density at radius 1 is 1.25 bits per heavy atom. The largest absolute Gasteiger partial charge is 0.389 e. The van der Waals surface area contributed by atoms with Crippen molar-refractivity contribution in [1.82, 2.24) is 5.32 Å². The quantitative estimate of drug-likeness (QED) is 0.626. The van der Waals surface area contributed by atoms with Gasteiger partial charge in [-0.3, -0.25) is 0 Å². The molecule has 0 aliphatic heterocycles. The maximum atomic E-state index is 11.8. The summed E-state index contributed by atoms with van der Waals surface area (Å²) in [6.45, 7) is 5.71. The number of ether oxygens (including phenoxy) is 1. The molecule has 0 aromatic rings. The van der Waals surface area contributed by atoms with Crippen LogP contribution in [0, 0.1) is 0 Å². The first-order chi connectivity index (χ1) is 7.49. The third-order valence-corrected chi connectivity index (χ3v) is 2.24. The van der Waals surface area contributed by atoms with Crippen molar-refractivity contribution >= 4 is 0 Å². The molecule has 0 radical (unpaired) electrons. The standard InChI is InChI=1S/C11H22F3NO/c1-3-7-15-10(4-2)9-16-8-5-6-11(12,13)14/h10,15H,3-9H2,1-2H3. The van der Waals surface area contributed by atoms with E-state index in [4.69, 9.17) is 4.74 Å². The van der Waals surface area contributed by atoms with Gasteiger partial charge in [-0.2, -0.15) is 13.2 Å². The zero-order valence-corrected chi connectivity index (χ0v) is 10.1. The maximum absolute atomic E-state index is 11.8. The summed E-state index contributed by atoms with van der Waals surface area (Å²) in [4.78, 5) is 0. The first-order valence-electron chi connectivity index (χ1n) is 5.87. The molecule has 0 rings (SSSR count). The summed E-state index contributed by atoms with van der Waals surface area (Å²) < 4.78 is 40.6. The van der Waals surface area contributed by atoms with Crippen LogP contribution in [-0.4, -0.2) is 32.0 Å². The molecule has 0 aliphatic rings. The minimum absolute atomic E-state index is 0.0493. The molecule has 0 aromatic carbocycles. The molecule has 0 aliphatic carbocycles. The molecule has 0 saturated heterocycles. The van der Waals surface area contributed by atoms with Crippen molar-refractivity contribution in [2.45, 2.75) is 51.7 Å². The van der Waals surface area contributed by atoms with Crippen LogP contribution in [0.1, 0.15) is 39.5 Å². The van der Waals surface area contributed by atoms with E-state index in [1.54, 1.807) is 0 Å². The predicted octanol–water partition coefficient (Wildman–Crippen LogP) is 3.12. The third kappa shape index (κ3) is 10.2. The molecular weight excluding hydrogens is 219 g/mol. The van der Waals surface area contributed by atoms with Gasteiger partial charge in [-0.1, -0.05) is 13.8 Å². The Balaban J connectivity index is 3.41. The van der Waals surface area contributed by atoms with Crippen LogP contribution in [0.25, 0.3) is 0 Å². The molecule has 98 valence electrons. The number of hydrogen-bond donors (Lipinski definition) is 1. The van der Waals surface area contributed by atoms with E-state index in [0.29, 0.717) is 6.61 Å². The van der Waals surface area contributed by atoms with Crippen LogP contribution in [0.2, 0.25) is 0 Å². The highest BCUT2D eigenvalue weighted by Gasteiger charge is 2.25. The van der Waals surface area contributed by atoms with Crippen molar-refractivity contribution in [3.63, 3.8) is 0 Å². The Bertz CT molecular complexity index is 162. The van der Waals surface area contributed by atoms with Crippen LogP contribution in [0.15, 0.2) is 0 Å². The molecule has 0 amide bonds. The molecule has 5 heteroatoms. The highest BCUT2D eigenvalue weighted by molar-refractivity contribution is 4.63. The Morgan fingerprint density at radius 3 is 2.44 bits per heavy atom. The first-order valence-corrected chi connectivity index (χ1v) is 5.87. The summed E-state index contributed by atoms with van der Waals surface area (Å²) in [5.41, 5.74) is 0. The van der Waals surface area contributed by atoms with Gasteiger partial charge in [-0.25, -0.2) is 0 Å². The fraction of sp³-hybridized carbons (Fsp3) is 1.00. The van der Waals surface area contributed by atoms with E-state index >= 15 is 0 Å². The summed E-state index contributed by atoms with van der Waals surface area (Å²) in [5, 5.41) is 3.28. The molecule has 1 unspecified atom stereocenters. The van der Waals surface area contributed by atoms with Gasteiger partial charge < -0.3 is 10.1 Å². The lowest BCUT2D eigenvalue weighted by molar-refractivity contribution is -0.138. The van der Waals surface area contributed by atoms with Crippen LogP contribution in [0.5, 0.6) is 0 Å². The van der Waals surface area contributed by atoms with E-state index in [0.717, 1.165) is 19.4 Å². The van der Waals surface area contributed by atoms with Crippen LogP contribution < -0.4 is 5.32 Å². The summed E-state index contributed by atoms with van der Waals surface area (Å²) in [6, 6.07) is 0.255. The van der Waals surface area contributed by atoms with Crippen LogP contribution >= 0.6 is 0 Å². The second-order valence-corrected chi connectivity index (χ2v) is 3.85. The van der Waals surface area contributed by atoms with Crippen LogP contribution in [0.4, 0.5) is 13.2 Å². The van der Waals surface area contributed by atoms with E-state index < -0.39 is 12.6 Å². The van der Waals surface area contributed by atoms with Gasteiger partial charge in [0, 0.05) is 19.1 Å². The van der Waals surface area contributed by atoms with E-state index in [1.165, 1.54) is 0 Å². The van der Waals surface area contributed by atoms with Gasteiger partial charge in [-0.15, -0.1) is 0 Å². The highest BCUT2D eigenvalue weighted by Crippen LogP contribution is 2.20. The van der Waals surface area contributed by atoms with Crippen molar-refractivity contribution in [3.8, 4) is 0 Å². The molecule has 0 heterocycles. The summed E-state index contributed by atoms with van der Waals surface area (Å²) >= 11 is 0. The maximum Gasteiger partial charge on any atom is 0.389 e. The van der Waals surface area contributed by atoms with Crippen molar-refractivity contribution in [3.05, 3.63) is 0 Å². The monoisotopic (exact) mass is 241 g/mol. The highest BCUT2D eigenvalue weighted by atomic mass is 19.4. The van der Waals surface area contributed by atoms with Crippen LogP contribution in [-0.2, 0) is 4.74 Å². The fourth-order valence-corrected chi connectivity index (χ4v) is 1.27. The van der Waals surface area contributed by atoms with E-state index in [2.05, 4.69) is 12.2 Å². The van der Waals surface area contributed by atoms with E-state index in [-0.39, 0.29) is 19.1 Å². The lowest BCUT2D eigenvalue weighted by atomic mass is 10.2. The fourth-order valence-electron chi connectivity index (χ4n) is 1.27. The van der Waals surface area contributed by atoms with Gasteiger partial charge >= 0.3 is 6.18 Å². The average molecular weight is 241 g/mol. The normalized spacial score (nSPS) is 14.1. The molecule has 2 nitrogen and oxygen atoms in total. The van der Waals surface area contributed by atoms with Crippen molar-refractivity contribution < 1.29 is 17.9 Å². The zero-order chi connectivity index (χ0) is 12.4. The first kappa shape index (κ1) is 15.7. The molecule has 0 spiro atoms. The number of rotatable bonds is 9.